The van der Waals surface area contributed by atoms with Crippen LogP contribution >= 0.6 is 0 Å². The molecule has 2 aliphatic heterocycles. The lowest BCUT2D eigenvalue weighted by Gasteiger charge is -2.29. The van der Waals surface area contributed by atoms with E-state index in [4.69, 9.17) is 14.2 Å². The van der Waals surface area contributed by atoms with Gasteiger partial charge in [-0.3, -0.25) is 9.59 Å². The summed E-state index contributed by atoms with van der Waals surface area (Å²) in [6.07, 6.45) is 13.2. The summed E-state index contributed by atoms with van der Waals surface area (Å²) in [4.78, 5) is 38.8. The maximum Gasteiger partial charge on any atom is 0.328 e. The zero-order valence-corrected chi connectivity index (χ0v) is 27.3. The number of aryl methyl sites for hydroxylation is 1. The van der Waals surface area contributed by atoms with E-state index in [-0.39, 0.29) is 35.8 Å². The van der Waals surface area contributed by atoms with Gasteiger partial charge in [-0.25, -0.2) is 4.79 Å². The van der Waals surface area contributed by atoms with Crippen molar-refractivity contribution >= 4 is 23.5 Å². The molecule has 3 aliphatic carbocycles. The number of methoxy groups -OCH3 is 1. The molecule has 1 aromatic rings. The van der Waals surface area contributed by atoms with E-state index in [1.165, 1.54) is 0 Å². The van der Waals surface area contributed by atoms with Gasteiger partial charge in [-0.15, -0.1) is 0 Å². The van der Waals surface area contributed by atoms with Crippen LogP contribution in [0.25, 0.3) is 0 Å². The zero-order chi connectivity index (χ0) is 33.0. The van der Waals surface area contributed by atoms with Crippen molar-refractivity contribution in [1.82, 2.24) is 5.32 Å². The van der Waals surface area contributed by atoms with E-state index < -0.39 is 42.3 Å². The number of phenolic OH excluding ortho intramolecular Hbond substituents is 1. The molecule has 1 saturated carbocycles. The van der Waals surface area contributed by atoms with Gasteiger partial charge in [0.2, 0.25) is 11.8 Å². The summed E-state index contributed by atoms with van der Waals surface area (Å²) in [6, 6.07) is 1.02. The number of ether oxygens (including phenoxy) is 3. The monoisotopic (exact) mass is 636 g/mol. The highest BCUT2D eigenvalue weighted by atomic mass is 16.5. The molecule has 7 atom stereocenters. The molecule has 0 unspecified atom stereocenters. The van der Waals surface area contributed by atoms with Gasteiger partial charge in [-0.1, -0.05) is 56.6 Å². The molecule has 0 aromatic heterocycles. The van der Waals surface area contributed by atoms with Gasteiger partial charge in [-0.2, -0.15) is 0 Å². The first kappa shape index (κ1) is 33.7. The van der Waals surface area contributed by atoms with Crippen molar-refractivity contribution in [3.8, 4) is 11.5 Å². The number of carbonyl (C=O) groups is 3. The number of nitrogens with one attached hydrogen (secondary N) is 2. The van der Waals surface area contributed by atoms with Crippen LogP contribution in [0.3, 0.4) is 0 Å². The number of aliphatic hydroxyl groups is 1. The van der Waals surface area contributed by atoms with E-state index in [2.05, 4.69) is 10.6 Å². The predicted octanol–water partition coefficient (Wildman–Crippen LogP) is 4.98. The standard InChI is InChI=1S/C36H48N2O8/c1-20-12-11-15-24-18-27-30-25(34(45-27)28(44-4)19-29(39)38-31(30)33(24)41)16-9-6-10-17-26(21(2)32(20)40)46-36(43)22(3)37-35(42)23-13-7-5-8-14-23/h6,9-10,12,16,18,21-23,25-26,28,32,34,40-41H,5,7-8,11,13-15,17,19H2,1-4H3,(H,37,42)(H,38,39)/b10-6+,16-9?,20-12-/t21-,22+,25+,26-,28+,32-,34-/m0/s1. The molecule has 46 heavy (non-hydrogen) atoms. The van der Waals surface area contributed by atoms with Gasteiger partial charge >= 0.3 is 5.97 Å². The summed E-state index contributed by atoms with van der Waals surface area (Å²) >= 11 is 0. The summed E-state index contributed by atoms with van der Waals surface area (Å²) in [5.41, 5.74) is 2.41. The van der Waals surface area contributed by atoms with Crippen molar-refractivity contribution in [3.63, 3.8) is 0 Å². The molecular weight excluding hydrogens is 588 g/mol. The van der Waals surface area contributed by atoms with Crippen LogP contribution in [0.15, 0.2) is 42.0 Å². The quantitative estimate of drug-likeness (QED) is 0.201. The lowest BCUT2D eigenvalue weighted by Crippen LogP contribution is -2.45. The Morgan fingerprint density at radius 2 is 1.91 bits per heavy atom. The number of amides is 2. The summed E-state index contributed by atoms with van der Waals surface area (Å²) in [5.74, 6) is -1.08. The minimum absolute atomic E-state index is 0.0159. The number of fused-ring (bicyclic) bond motifs is 8. The molecule has 2 heterocycles. The summed E-state index contributed by atoms with van der Waals surface area (Å²) in [6.45, 7) is 5.33. The first-order valence-corrected chi connectivity index (χ1v) is 16.7. The number of hydrogen-bond acceptors (Lipinski definition) is 8. The number of allylic oxidation sites excluding steroid dienone is 3. The van der Waals surface area contributed by atoms with Crippen molar-refractivity contribution in [2.45, 2.75) is 115 Å². The molecule has 0 saturated heterocycles. The lowest BCUT2D eigenvalue weighted by molar-refractivity contribution is -0.156. The fourth-order valence-electron chi connectivity index (χ4n) is 7.11. The zero-order valence-electron chi connectivity index (χ0n) is 27.3. The average Bonchev–Trinajstić information content (AvgIpc) is 3.42. The fraction of sp³-hybridized carbons (Fsp3) is 0.583. The Bertz CT molecular complexity index is 1390. The summed E-state index contributed by atoms with van der Waals surface area (Å²) < 4.78 is 18.0. The number of esters is 1. The molecule has 4 N–H and O–H groups in total. The van der Waals surface area contributed by atoms with Crippen LogP contribution in [-0.4, -0.2) is 65.6 Å². The van der Waals surface area contributed by atoms with Crippen molar-refractivity contribution < 1.29 is 38.8 Å². The number of benzene rings is 1. The predicted molar refractivity (Wildman–Crippen MR) is 174 cm³/mol. The van der Waals surface area contributed by atoms with E-state index in [1.54, 1.807) is 14.0 Å². The normalized spacial score (nSPS) is 31.0. The van der Waals surface area contributed by atoms with Crippen LogP contribution in [0, 0.1) is 11.8 Å². The number of anilines is 1. The Morgan fingerprint density at radius 1 is 1.15 bits per heavy atom. The average molecular weight is 637 g/mol. The number of carbonyl (C=O) groups excluding carboxylic acids is 3. The van der Waals surface area contributed by atoms with E-state index >= 15 is 0 Å². The van der Waals surface area contributed by atoms with Crippen LogP contribution in [0.1, 0.15) is 89.2 Å². The first-order chi connectivity index (χ1) is 22.1. The Kier molecular flexibility index (Phi) is 10.9. The van der Waals surface area contributed by atoms with E-state index in [0.29, 0.717) is 47.4 Å². The molecule has 250 valence electrons. The second kappa shape index (κ2) is 14.9. The van der Waals surface area contributed by atoms with Crippen LogP contribution in [0.5, 0.6) is 11.5 Å². The van der Waals surface area contributed by atoms with Crippen molar-refractivity contribution in [2.75, 3.05) is 12.4 Å². The Morgan fingerprint density at radius 3 is 2.65 bits per heavy atom. The van der Waals surface area contributed by atoms with Gasteiger partial charge in [0, 0.05) is 42.4 Å². The topological polar surface area (TPSA) is 143 Å². The summed E-state index contributed by atoms with van der Waals surface area (Å²) in [7, 11) is 1.56. The van der Waals surface area contributed by atoms with Gasteiger partial charge in [-0.05, 0) is 51.2 Å². The molecule has 0 radical (unpaired) electrons. The number of rotatable bonds is 5. The van der Waals surface area contributed by atoms with E-state index in [0.717, 1.165) is 32.1 Å². The maximum absolute atomic E-state index is 13.2. The van der Waals surface area contributed by atoms with Crippen LogP contribution < -0.4 is 15.4 Å². The number of phenols is 1. The number of hydrogen-bond donors (Lipinski definition) is 4. The van der Waals surface area contributed by atoms with Crippen LogP contribution in [-0.2, 0) is 30.3 Å². The van der Waals surface area contributed by atoms with Crippen molar-refractivity contribution in [1.29, 1.82) is 0 Å². The van der Waals surface area contributed by atoms with Gasteiger partial charge in [0.05, 0.1) is 18.2 Å². The molecular formula is C36H48N2O8. The number of aromatic hydroxyl groups is 1. The molecule has 0 spiro atoms. The largest absolute Gasteiger partial charge is 0.505 e. The van der Waals surface area contributed by atoms with Crippen molar-refractivity contribution in [3.05, 3.63) is 53.1 Å². The fourth-order valence-corrected chi connectivity index (χ4v) is 7.11. The Balaban J connectivity index is 1.40. The lowest BCUT2D eigenvalue weighted by atomic mass is 9.86. The van der Waals surface area contributed by atoms with E-state index in [9.17, 15) is 24.6 Å². The third kappa shape index (κ3) is 7.33. The molecule has 2 amide bonds. The molecule has 5 aliphatic rings. The molecule has 10 heteroatoms. The highest BCUT2D eigenvalue weighted by Crippen LogP contribution is 2.51. The van der Waals surface area contributed by atoms with E-state index in [1.807, 2.05) is 50.3 Å². The highest BCUT2D eigenvalue weighted by molar-refractivity contribution is 5.95. The van der Waals surface area contributed by atoms with Gasteiger partial charge in [0.15, 0.2) is 0 Å². The second-order valence-electron chi connectivity index (χ2n) is 13.2. The van der Waals surface area contributed by atoms with Crippen molar-refractivity contribution in [2.24, 2.45) is 11.8 Å². The van der Waals surface area contributed by atoms with Gasteiger partial charge < -0.3 is 35.1 Å². The highest BCUT2D eigenvalue weighted by Gasteiger charge is 2.44. The molecule has 6 bridgehead atoms. The minimum atomic E-state index is -0.890. The first-order valence-electron chi connectivity index (χ1n) is 16.7. The van der Waals surface area contributed by atoms with Crippen LogP contribution in [0.2, 0.25) is 0 Å². The SMILES string of the molecule is CO[C@@H]1CC(=O)Nc2c(O)c3cc4c2[C@@H](C=C/C=C/C[C@H](OC(=O)[C@@H](C)NC(=O)C2CCCCC2)[C@H](C)[C@@H](O)/C(C)=C\CC3)[C@@H]1O4. The number of aliphatic hydroxyl groups excluding tert-OH is 1. The van der Waals surface area contributed by atoms with Crippen LogP contribution in [0.4, 0.5) is 5.69 Å². The third-order valence-corrected chi connectivity index (χ3v) is 9.97. The van der Waals surface area contributed by atoms with Gasteiger partial charge in [0.25, 0.3) is 0 Å². The molecule has 10 nitrogen and oxygen atoms in total. The maximum atomic E-state index is 13.2. The smallest absolute Gasteiger partial charge is 0.328 e. The molecule has 6 rings (SSSR count). The minimum Gasteiger partial charge on any atom is -0.505 e. The van der Waals surface area contributed by atoms with Gasteiger partial charge in [0.1, 0.15) is 35.9 Å². The Hall–Kier alpha value is -3.63. The summed E-state index contributed by atoms with van der Waals surface area (Å²) in [5, 5.41) is 28.4. The third-order valence-electron chi connectivity index (χ3n) is 9.97. The molecule has 1 fully saturated rings. The second-order valence-corrected chi connectivity index (χ2v) is 13.2. The molecule has 1 aromatic carbocycles. The Labute approximate surface area is 271 Å².